The Kier molecular flexibility index (Phi) is 5.23. The molecule has 0 saturated heterocycles. The highest BCUT2D eigenvalue weighted by molar-refractivity contribution is 6.36. The number of rotatable bonds is 3. The first-order chi connectivity index (χ1) is 9.97. The highest BCUT2D eigenvalue weighted by atomic mass is 35.5. The van der Waals surface area contributed by atoms with Gasteiger partial charge in [-0.05, 0) is 49.4 Å². The van der Waals surface area contributed by atoms with E-state index >= 15 is 0 Å². The van der Waals surface area contributed by atoms with Crippen molar-refractivity contribution in [3.8, 4) is 0 Å². The molecule has 1 amide bonds. The van der Waals surface area contributed by atoms with E-state index < -0.39 is 0 Å². The van der Waals surface area contributed by atoms with Crippen molar-refractivity contribution < 1.29 is 4.79 Å². The normalized spacial score (nSPS) is 11.3. The zero-order chi connectivity index (χ0) is 15.4. The maximum Gasteiger partial charge on any atom is 0.271 e. The van der Waals surface area contributed by atoms with Gasteiger partial charge in [0.1, 0.15) is 0 Å². The minimum atomic E-state index is -0.329. The van der Waals surface area contributed by atoms with E-state index in [1.165, 1.54) is 0 Å². The van der Waals surface area contributed by atoms with E-state index in [9.17, 15) is 4.79 Å². The molecular formula is C15H11Cl3N2O. The van der Waals surface area contributed by atoms with Crippen molar-refractivity contribution in [2.75, 3.05) is 0 Å². The monoisotopic (exact) mass is 340 g/mol. The molecule has 0 radical (unpaired) electrons. The maximum atomic E-state index is 11.9. The van der Waals surface area contributed by atoms with E-state index in [1.807, 2.05) is 0 Å². The predicted octanol–water partition coefficient (Wildman–Crippen LogP) is 4.80. The first kappa shape index (κ1) is 15.8. The molecule has 2 rings (SSSR count). The van der Waals surface area contributed by atoms with E-state index in [1.54, 1.807) is 49.4 Å². The van der Waals surface area contributed by atoms with Gasteiger partial charge in [0.2, 0.25) is 0 Å². The summed E-state index contributed by atoms with van der Waals surface area (Å²) < 4.78 is 0. The van der Waals surface area contributed by atoms with Crippen molar-refractivity contribution >= 4 is 46.4 Å². The zero-order valence-electron chi connectivity index (χ0n) is 11.0. The molecule has 0 aromatic heterocycles. The smallest absolute Gasteiger partial charge is 0.267 e. The summed E-state index contributed by atoms with van der Waals surface area (Å²) in [6, 6.07) is 11.6. The molecule has 1 N–H and O–H groups in total. The van der Waals surface area contributed by atoms with Crippen LogP contribution in [-0.2, 0) is 0 Å². The van der Waals surface area contributed by atoms with Gasteiger partial charge in [-0.2, -0.15) is 5.10 Å². The van der Waals surface area contributed by atoms with Gasteiger partial charge in [0.25, 0.3) is 5.91 Å². The van der Waals surface area contributed by atoms with Crippen LogP contribution in [0.1, 0.15) is 22.8 Å². The third-order valence-corrected chi connectivity index (χ3v) is 3.57. The first-order valence-corrected chi connectivity index (χ1v) is 7.16. The van der Waals surface area contributed by atoms with Crippen LogP contribution in [0.2, 0.25) is 15.1 Å². The number of amides is 1. The number of hydrogen-bond acceptors (Lipinski definition) is 2. The van der Waals surface area contributed by atoms with Crippen LogP contribution in [0.3, 0.4) is 0 Å². The van der Waals surface area contributed by atoms with Gasteiger partial charge in [-0.1, -0.05) is 34.8 Å². The van der Waals surface area contributed by atoms with Crippen molar-refractivity contribution in [3.63, 3.8) is 0 Å². The molecule has 0 spiro atoms. The van der Waals surface area contributed by atoms with E-state index in [2.05, 4.69) is 10.5 Å². The molecular weight excluding hydrogens is 331 g/mol. The van der Waals surface area contributed by atoms with Crippen LogP contribution in [0.15, 0.2) is 47.6 Å². The van der Waals surface area contributed by atoms with Crippen molar-refractivity contribution in [2.24, 2.45) is 5.10 Å². The summed E-state index contributed by atoms with van der Waals surface area (Å²) >= 11 is 17.8. The topological polar surface area (TPSA) is 41.5 Å². The summed E-state index contributed by atoms with van der Waals surface area (Å²) in [5.41, 5.74) is 4.16. The fourth-order valence-corrected chi connectivity index (χ4v) is 2.19. The molecule has 0 fully saturated rings. The van der Waals surface area contributed by atoms with Gasteiger partial charge in [0.15, 0.2) is 0 Å². The molecule has 0 unspecified atom stereocenters. The zero-order valence-corrected chi connectivity index (χ0v) is 13.3. The minimum Gasteiger partial charge on any atom is -0.267 e. The molecule has 3 nitrogen and oxygen atoms in total. The Balaban J connectivity index is 2.14. The lowest BCUT2D eigenvalue weighted by molar-refractivity contribution is 0.0955. The maximum absolute atomic E-state index is 11.9. The first-order valence-electron chi connectivity index (χ1n) is 6.03. The Labute approximate surface area is 137 Å². The van der Waals surface area contributed by atoms with Crippen LogP contribution in [0.25, 0.3) is 0 Å². The van der Waals surface area contributed by atoms with Crippen molar-refractivity contribution in [2.45, 2.75) is 6.92 Å². The summed E-state index contributed by atoms with van der Waals surface area (Å²) in [4.78, 5) is 11.9. The second-order valence-electron chi connectivity index (χ2n) is 4.27. The molecule has 0 aliphatic rings. The fourth-order valence-electron chi connectivity index (χ4n) is 1.64. The van der Waals surface area contributed by atoms with Crippen LogP contribution in [0.4, 0.5) is 0 Å². The summed E-state index contributed by atoms with van der Waals surface area (Å²) in [6.45, 7) is 1.74. The number of carbonyl (C=O) groups excluding carboxylic acids is 1. The number of nitrogens with zero attached hydrogens (tertiary/aromatic N) is 1. The molecule has 0 bridgehead atoms. The van der Waals surface area contributed by atoms with Gasteiger partial charge in [-0.3, -0.25) is 4.79 Å². The highest BCUT2D eigenvalue weighted by Gasteiger charge is 2.07. The second kappa shape index (κ2) is 6.94. The van der Waals surface area contributed by atoms with Gasteiger partial charge in [0.05, 0.1) is 5.71 Å². The molecule has 0 atom stereocenters. The predicted molar refractivity (Wildman–Crippen MR) is 87.6 cm³/mol. The van der Waals surface area contributed by atoms with Crippen LogP contribution >= 0.6 is 34.8 Å². The Morgan fingerprint density at radius 1 is 1.00 bits per heavy atom. The molecule has 0 aliphatic carbocycles. The number of halogens is 3. The average molecular weight is 342 g/mol. The average Bonchev–Trinajstić information content (AvgIpc) is 2.47. The van der Waals surface area contributed by atoms with Gasteiger partial charge >= 0.3 is 0 Å². The molecule has 0 saturated carbocycles. The van der Waals surface area contributed by atoms with Gasteiger partial charge in [-0.25, -0.2) is 5.43 Å². The largest absolute Gasteiger partial charge is 0.271 e. The van der Waals surface area contributed by atoms with E-state index in [4.69, 9.17) is 34.8 Å². The van der Waals surface area contributed by atoms with Crippen LogP contribution < -0.4 is 5.43 Å². The van der Waals surface area contributed by atoms with Gasteiger partial charge in [-0.15, -0.1) is 0 Å². The number of carbonyl (C=O) groups is 1. The SMILES string of the molecule is CC(=NNC(=O)c1ccc(Cl)cc1)c1cc(Cl)ccc1Cl. The van der Waals surface area contributed by atoms with Gasteiger partial charge < -0.3 is 0 Å². The lowest BCUT2D eigenvalue weighted by Crippen LogP contribution is -2.19. The number of benzene rings is 2. The van der Waals surface area contributed by atoms with Crippen molar-refractivity contribution in [1.29, 1.82) is 0 Å². The number of hydrogen-bond donors (Lipinski definition) is 1. The summed E-state index contributed by atoms with van der Waals surface area (Å²) in [6.07, 6.45) is 0. The van der Waals surface area contributed by atoms with Gasteiger partial charge in [0, 0.05) is 26.2 Å². The Morgan fingerprint density at radius 2 is 1.62 bits per heavy atom. The van der Waals surface area contributed by atoms with E-state index in [-0.39, 0.29) is 5.91 Å². The molecule has 21 heavy (non-hydrogen) atoms. The molecule has 0 heterocycles. The Bertz CT molecular complexity index is 697. The van der Waals surface area contributed by atoms with E-state index in [0.29, 0.717) is 31.9 Å². The quantitative estimate of drug-likeness (QED) is 0.632. The highest BCUT2D eigenvalue weighted by Crippen LogP contribution is 2.21. The number of nitrogens with one attached hydrogen (secondary N) is 1. The summed E-state index contributed by atoms with van der Waals surface area (Å²) in [7, 11) is 0. The standard InChI is InChI=1S/C15H11Cl3N2O/c1-9(13-8-12(17)6-7-14(13)18)19-20-15(21)10-2-4-11(16)5-3-10/h2-8H,1H3,(H,20,21). The van der Waals surface area contributed by atoms with Crippen LogP contribution in [0.5, 0.6) is 0 Å². The molecule has 6 heteroatoms. The molecule has 108 valence electrons. The number of hydrazone groups is 1. The molecule has 2 aromatic rings. The minimum absolute atomic E-state index is 0.329. The van der Waals surface area contributed by atoms with Crippen LogP contribution in [-0.4, -0.2) is 11.6 Å². The lowest BCUT2D eigenvalue weighted by atomic mass is 10.1. The molecule has 0 aliphatic heterocycles. The Hall–Kier alpha value is -1.55. The third kappa shape index (κ3) is 4.21. The second-order valence-corrected chi connectivity index (χ2v) is 5.55. The Morgan fingerprint density at radius 3 is 2.29 bits per heavy atom. The van der Waals surface area contributed by atoms with Crippen molar-refractivity contribution in [1.82, 2.24) is 5.43 Å². The van der Waals surface area contributed by atoms with E-state index in [0.717, 1.165) is 0 Å². The van der Waals surface area contributed by atoms with Crippen LogP contribution in [0, 0.1) is 0 Å². The lowest BCUT2D eigenvalue weighted by Gasteiger charge is -2.05. The summed E-state index contributed by atoms with van der Waals surface area (Å²) in [5, 5.41) is 5.67. The fraction of sp³-hybridized carbons (Fsp3) is 0.0667. The molecule has 2 aromatic carbocycles. The summed E-state index contributed by atoms with van der Waals surface area (Å²) in [5.74, 6) is -0.329. The van der Waals surface area contributed by atoms with Crippen molar-refractivity contribution in [3.05, 3.63) is 68.7 Å². The third-order valence-electron chi connectivity index (χ3n) is 2.75.